The molecule has 2 aromatic carbocycles. The van der Waals surface area contributed by atoms with Gasteiger partial charge in [-0.15, -0.1) is 0 Å². The van der Waals surface area contributed by atoms with Crippen LogP contribution in [-0.4, -0.2) is 16.3 Å². The van der Waals surface area contributed by atoms with Gasteiger partial charge in [0.15, 0.2) is 12.1 Å². The van der Waals surface area contributed by atoms with Gasteiger partial charge in [-0.05, 0) is 42.8 Å². The molecule has 0 radical (unpaired) electrons. The Labute approximate surface area is 154 Å². The third-order valence-electron chi connectivity index (χ3n) is 3.53. The Morgan fingerprint density at radius 2 is 1.58 bits per heavy atom. The molecule has 0 fully saturated rings. The average Bonchev–Trinajstić information content (AvgIpc) is 2.55. The monoisotopic (exact) mass is 376 g/mol. The zero-order chi connectivity index (χ0) is 17.3. The number of halogens is 3. The van der Waals surface area contributed by atoms with Crippen LogP contribution >= 0.6 is 34.8 Å². The molecule has 24 heavy (non-hydrogen) atoms. The second-order valence-corrected chi connectivity index (χ2v) is 6.42. The number of hydrogen-bond donors (Lipinski definition) is 0. The normalized spacial score (nSPS) is 10.7. The number of nitrogens with zero attached hydrogens (tertiary/aromatic N) is 2. The molecular formula is C18H11Cl3N2O. The van der Waals surface area contributed by atoms with Gasteiger partial charge in [0.1, 0.15) is 0 Å². The van der Waals surface area contributed by atoms with E-state index in [0.29, 0.717) is 38.3 Å². The minimum absolute atomic E-state index is 0.103. The van der Waals surface area contributed by atoms with Crippen molar-refractivity contribution >= 4 is 41.1 Å². The Hall–Kier alpha value is -1.94. The fourth-order valence-corrected chi connectivity index (χ4v) is 3.11. The number of hydrogen-bond acceptors (Lipinski definition) is 3. The lowest BCUT2D eigenvalue weighted by Crippen LogP contribution is -2.02. The number of aldehydes is 1. The zero-order valence-corrected chi connectivity index (χ0v) is 14.8. The Morgan fingerprint density at radius 3 is 2.21 bits per heavy atom. The standard InChI is InChI=1S/C18H11Cl3N2O/c1-10-17(11-2-4-12(19)5-3-11)18(23-16(9-24)22-10)14-7-6-13(20)8-15(14)21/h2-9H,1H3. The van der Waals surface area contributed by atoms with Gasteiger partial charge in [0.2, 0.25) is 0 Å². The van der Waals surface area contributed by atoms with E-state index in [1.165, 1.54) is 0 Å². The Kier molecular flexibility index (Phi) is 4.86. The topological polar surface area (TPSA) is 42.9 Å². The van der Waals surface area contributed by atoms with Crippen molar-refractivity contribution < 1.29 is 4.79 Å². The Morgan fingerprint density at radius 1 is 0.917 bits per heavy atom. The van der Waals surface area contributed by atoms with Gasteiger partial charge in [-0.1, -0.05) is 46.9 Å². The molecule has 0 atom stereocenters. The van der Waals surface area contributed by atoms with Crippen LogP contribution in [0.15, 0.2) is 42.5 Å². The van der Waals surface area contributed by atoms with Crippen LogP contribution in [0.3, 0.4) is 0 Å². The largest absolute Gasteiger partial charge is 0.294 e. The highest BCUT2D eigenvalue weighted by atomic mass is 35.5. The quantitative estimate of drug-likeness (QED) is 0.534. The Balaban J connectivity index is 2.32. The van der Waals surface area contributed by atoms with Crippen molar-refractivity contribution in [2.45, 2.75) is 6.92 Å². The third-order valence-corrected chi connectivity index (χ3v) is 4.33. The van der Waals surface area contributed by atoms with E-state index in [9.17, 15) is 4.79 Å². The first kappa shape index (κ1) is 16.9. The lowest BCUT2D eigenvalue weighted by atomic mass is 9.98. The Bertz CT molecular complexity index is 924. The van der Waals surface area contributed by atoms with Crippen LogP contribution in [0.4, 0.5) is 0 Å². The summed E-state index contributed by atoms with van der Waals surface area (Å²) in [6.07, 6.45) is 0.617. The van der Waals surface area contributed by atoms with Gasteiger partial charge in [0, 0.05) is 26.9 Å². The molecule has 0 aliphatic carbocycles. The summed E-state index contributed by atoms with van der Waals surface area (Å²) in [4.78, 5) is 19.8. The van der Waals surface area contributed by atoms with E-state index in [1.54, 1.807) is 30.3 Å². The smallest absolute Gasteiger partial charge is 0.193 e. The van der Waals surface area contributed by atoms with Crippen LogP contribution in [0.5, 0.6) is 0 Å². The molecule has 0 spiro atoms. The number of aromatic nitrogens is 2. The van der Waals surface area contributed by atoms with Crippen LogP contribution in [0.25, 0.3) is 22.4 Å². The number of carbonyl (C=O) groups is 1. The maximum Gasteiger partial charge on any atom is 0.193 e. The van der Waals surface area contributed by atoms with E-state index < -0.39 is 0 Å². The minimum Gasteiger partial charge on any atom is -0.294 e. The molecule has 120 valence electrons. The summed E-state index contributed by atoms with van der Waals surface area (Å²) in [6, 6.07) is 12.5. The molecule has 0 amide bonds. The van der Waals surface area contributed by atoms with Crippen LogP contribution < -0.4 is 0 Å². The van der Waals surface area contributed by atoms with E-state index in [4.69, 9.17) is 34.8 Å². The molecule has 0 aliphatic heterocycles. The number of carbonyl (C=O) groups excluding carboxylic acids is 1. The summed E-state index contributed by atoms with van der Waals surface area (Å²) >= 11 is 18.3. The molecule has 0 bridgehead atoms. The van der Waals surface area contributed by atoms with Gasteiger partial charge in [-0.25, -0.2) is 9.97 Å². The minimum atomic E-state index is 0.103. The molecule has 0 aliphatic rings. The van der Waals surface area contributed by atoms with E-state index in [1.807, 2.05) is 19.1 Å². The predicted molar refractivity (Wildman–Crippen MR) is 98.1 cm³/mol. The highest BCUT2D eigenvalue weighted by Gasteiger charge is 2.17. The highest BCUT2D eigenvalue weighted by molar-refractivity contribution is 6.36. The predicted octanol–water partition coefficient (Wildman–Crippen LogP) is 5.89. The van der Waals surface area contributed by atoms with Gasteiger partial charge < -0.3 is 0 Å². The van der Waals surface area contributed by atoms with E-state index >= 15 is 0 Å². The molecule has 3 rings (SSSR count). The maximum atomic E-state index is 11.2. The first-order chi connectivity index (χ1) is 11.5. The van der Waals surface area contributed by atoms with Gasteiger partial charge >= 0.3 is 0 Å². The van der Waals surface area contributed by atoms with Gasteiger partial charge in [0.25, 0.3) is 0 Å². The van der Waals surface area contributed by atoms with Crippen LogP contribution in [0, 0.1) is 6.92 Å². The van der Waals surface area contributed by atoms with Crippen molar-refractivity contribution in [3.05, 3.63) is 69.1 Å². The number of benzene rings is 2. The summed E-state index contributed by atoms with van der Waals surface area (Å²) in [6.45, 7) is 1.83. The van der Waals surface area contributed by atoms with Crippen molar-refractivity contribution in [2.75, 3.05) is 0 Å². The van der Waals surface area contributed by atoms with Crippen molar-refractivity contribution in [1.29, 1.82) is 0 Å². The lowest BCUT2D eigenvalue weighted by molar-refractivity contribution is 0.111. The van der Waals surface area contributed by atoms with Crippen LogP contribution in [-0.2, 0) is 0 Å². The molecule has 1 heterocycles. The maximum absolute atomic E-state index is 11.2. The SMILES string of the molecule is Cc1nc(C=O)nc(-c2ccc(Cl)cc2Cl)c1-c1ccc(Cl)cc1. The molecule has 3 aromatic rings. The number of rotatable bonds is 3. The van der Waals surface area contributed by atoms with E-state index in [2.05, 4.69) is 9.97 Å². The first-order valence-corrected chi connectivity index (χ1v) is 8.18. The molecule has 0 saturated heterocycles. The number of aryl methyl sites for hydroxylation is 1. The average molecular weight is 378 g/mol. The van der Waals surface area contributed by atoms with Gasteiger partial charge in [0.05, 0.1) is 10.7 Å². The zero-order valence-electron chi connectivity index (χ0n) is 12.6. The fraction of sp³-hybridized carbons (Fsp3) is 0.0556. The molecule has 0 saturated carbocycles. The highest BCUT2D eigenvalue weighted by Crippen LogP contribution is 2.37. The molecule has 3 nitrogen and oxygen atoms in total. The third kappa shape index (κ3) is 3.29. The summed E-state index contributed by atoms with van der Waals surface area (Å²) < 4.78 is 0. The fourth-order valence-electron chi connectivity index (χ4n) is 2.49. The summed E-state index contributed by atoms with van der Waals surface area (Å²) in [5.74, 6) is 0.103. The first-order valence-electron chi connectivity index (χ1n) is 7.05. The summed E-state index contributed by atoms with van der Waals surface area (Å²) in [5, 5.41) is 1.61. The molecule has 0 unspecified atom stereocenters. The summed E-state index contributed by atoms with van der Waals surface area (Å²) in [5.41, 5.74) is 3.61. The van der Waals surface area contributed by atoms with Crippen molar-refractivity contribution in [3.63, 3.8) is 0 Å². The molecule has 0 N–H and O–H groups in total. The molecule has 6 heteroatoms. The van der Waals surface area contributed by atoms with E-state index in [0.717, 1.165) is 11.1 Å². The molecular weight excluding hydrogens is 367 g/mol. The van der Waals surface area contributed by atoms with Crippen LogP contribution in [0.2, 0.25) is 15.1 Å². The second kappa shape index (κ2) is 6.89. The van der Waals surface area contributed by atoms with Crippen molar-refractivity contribution in [1.82, 2.24) is 9.97 Å². The second-order valence-electron chi connectivity index (χ2n) is 5.14. The van der Waals surface area contributed by atoms with Crippen molar-refractivity contribution in [3.8, 4) is 22.4 Å². The van der Waals surface area contributed by atoms with Gasteiger partial charge in [-0.2, -0.15) is 0 Å². The van der Waals surface area contributed by atoms with Gasteiger partial charge in [-0.3, -0.25) is 4.79 Å². The van der Waals surface area contributed by atoms with Crippen LogP contribution in [0.1, 0.15) is 16.3 Å². The van der Waals surface area contributed by atoms with Crippen molar-refractivity contribution in [2.24, 2.45) is 0 Å². The lowest BCUT2D eigenvalue weighted by Gasteiger charge is -2.14. The molecule has 1 aromatic heterocycles. The van der Waals surface area contributed by atoms with E-state index in [-0.39, 0.29) is 5.82 Å². The summed E-state index contributed by atoms with van der Waals surface area (Å²) in [7, 11) is 0.